The largest absolute Gasteiger partial charge is 0.480 e. The first kappa shape index (κ1) is 30.9. The number of carboxylic acids is 1. The van der Waals surface area contributed by atoms with Crippen LogP contribution in [-0.4, -0.2) is 88.3 Å². The number of aliphatic imine (C=N–C) groups is 1. The third kappa shape index (κ3) is 12.2. The van der Waals surface area contributed by atoms with E-state index in [0.29, 0.717) is 0 Å². The maximum absolute atomic E-state index is 12.7. The average molecular weight is 507 g/mol. The minimum atomic E-state index is -1.43. The van der Waals surface area contributed by atoms with Crippen molar-refractivity contribution < 1.29 is 34.2 Å². The maximum Gasteiger partial charge on any atom is 0.326 e. The van der Waals surface area contributed by atoms with Gasteiger partial charge in [-0.25, -0.2) is 4.79 Å². The quantitative estimate of drug-likeness (QED) is 0.0414. The molecule has 0 fully saturated rings. The summed E-state index contributed by atoms with van der Waals surface area (Å²) in [6.45, 7) is 1.43. The van der Waals surface area contributed by atoms with E-state index in [2.05, 4.69) is 33.6 Å². The smallest absolute Gasteiger partial charge is 0.326 e. The fourth-order valence-electron chi connectivity index (χ4n) is 2.54. The molecular formula is C18H34N8O7S. The summed E-state index contributed by atoms with van der Waals surface area (Å²) in [6, 6.07) is -5.17. The van der Waals surface area contributed by atoms with Crippen LogP contribution in [0.15, 0.2) is 4.99 Å². The van der Waals surface area contributed by atoms with Crippen molar-refractivity contribution in [3.63, 3.8) is 0 Å². The molecule has 0 saturated carbocycles. The van der Waals surface area contributed by atoms with Crippen molar-refractivity contribution in [2.75, 3.05) is 12.3 Å². The minimum Gasteiger partial charge on any atom is -0.480 e. The van der Waals surface area contributed by atoms with Gasteiger partial charge in [-0.15, -0.1) is 0 Å². The van der Waals surface area contributed by atoms with E-state index in [4.69, 9.17) is 22.9 Å². The van der Waals surface area contributed by atoms with E-state index < -0.39 is 59.9 Å². The molecule has 0 saturated heterocycles. The van der Waals surface area contributed by atoms with Gasteiger partial charge in [-0.3, -0.25) is 24.2 Å². The Morgan fingerprint density at radius 2 is 1.44 bits per heavy atom. The van der Waals surface area contributed by atoms with Gasteiger partial charge in [0.1, 0.15) is 24.2 Å². The Bertz CT molecular complexity index is 761. The van der Waals surface area contributed by atoms with Crippen molar-refractivity contribution in [3.8, 4) is 0 Å². The molecule has 13 N–H and O–H groups in total. The third-order valence-corrected chi connectivity index (χ3v) is 4.88. The highest BCUT2D eigenvalue weighted by Crippen LogP contribution is 2.04. The first-order chi connectivity index (χ1) is 15.8. The van der Waals surface area contributed by atoms with Crippen molar-refractivity contribution >= 4 is 48.2 Å². The molecule has 15 nitrogen and oxygen atoms in total. The number of carboxylic acid groups (broad SMARTS) is 1. The molecule has 0 aliphatic carbocycles. The number of nitrogens with zero attached hydrogens (tertiary/aromatic N) is 1. The van der Waals surface area contributed by atoms with Gasteiger partial charge in [-0.2, -0.15) is 12.6 Å². The van der Waals surface area contributed by atoms with Crippen molar-refractivity contribution in [3.05, 3.63) is 0 Å². The van der Waals surface area contributed by atoms with E-state index in [0.717, 1.165) is 0 Å². The molecular weight excluding hydrogens is 472 g/mol. The third-order valence-electron chi connectivity index (χ3n) is 4.51. The van der Waals surface area contributed by atoms with Crippen molar-refractivity contribution in [1.29, 1.82) is 0 Å². The molecule has 0 aromatic carbocycles. The van der Waals surface area contributed by atoms with E-state index in [9.17, 15) is 34.2 Å². The molecule has 5 unspecified atom stereocenters. The zero-order valence-corrected chi connectivity index (χ0v) is 19.7. The first-order valence-electron chi connectivity index (χ1n) is 10.3. The SMILES string of the molecule is CC(O)C(N)C(=O)NC(CS)C(=O)NC(CCCN=C(N)N)C(=O)NC(CCC(N)=O)C(=O)O. The normalized spacial score (nSPS) is 15.1. The van der Waals surface area contributed by atoms with Crippen molar-refractivity contribution in [1.82, 2.24) is 16.0 Å². The molecule has 5 atom stereocenters. The molecule has 16 heteroatoms. The summed E-state index contributed by atoms with van der Waals surface area (Å²) in [5.41, 5.74) is 21.1. The number of carbonyl (C=O) groups excluding carboxylic acids is 4. The number of amides is 4. The van der Waals surface area contributed by atoms with Crippen LogP contribution in [0.4, 0.5) is 0 Å². The molecule has 0 aliphatic rings. The molecule has 0 bridgehead atoms. The number of hydrogen-bond acceptors (Lipinski definition) is 9. The maximum atomic E-state index is 12.7. The van der Waals surface area contributed by atoms with Crippen LogP contribution >= 0.6 is 12.6 Å². The summed E-state index contributed by atoms with van der Waals surface area (Å²) >= 11 is 4.01. The van der Waals surface area contributed by atoms with Gasteiger partial charge in [0.25, 0.3) is 0 Å². The van der Waals surface area contributed by atoms with E-state index >= 15 is 0 Å². The van der Waals surface area contributed by atoms with Gasteiger partial charge in [0.05, 0.1) is 6.10 Å². The van der Waals surface area contributed by atoms with Gasteiger partial charge in [0.15, 0.2) is 5.96 Å². The molecule has 0 rings (SSSR count). The van der Waals surface area contributed by atoms with Gasteiger partial charge in [-0.05, 0) is 26.2 Å². The van der Waals surface area contributed by atoms with Gasteiger partial charge in [-0.1, -0.05) is 0 Å². The molecule has 194 valence electrons. The Kier molecular flexibility index (Phi) is 14.2. The van der Waals surface area contributed by atoms with Crippen LogP contribution in [0.25, 0.3) is 0 Å². The lowest BCUT2D eigenvalue weighted by Crippen LogP contribution is -2.58. The number of primary amides is 1. The molecule has 0 aromatic heterocycles. The summed E-state index contributed by atoms with van der Waals surface area (Å²) in [5.74, 6) is -4.93. The molecule has 34 heavy (non-hydrogen) atoms. The second-order valence-corrected chi connectivity index (χ2v) is 7.79. The molecule has 0 spiro atoms. The fourth-order valence-corrected chi connectivity index (χ4v) is 2.80. The summed E-state index contributed by atoms with van der Waals surface area (Å²) in [7, 11) is 0. The van der Waals surface area contributed by atoms with E-state index in [1.54, 1.807) is 0 Å². The highest BCUT2D eigenvalue weighted by Gasteiger charge is 2.30. The van der Waals surface area contributed by atoms with Crippen LogP contribution in [0.5, 0.6) is 0 Å². The molecule has 0 radical (unpaired) electrons. The number of nitrogens with two attached hydrogens (primary N) is 4. The van der Waals surface area contributed by atoms with Crippen molar-refractivity contribution in [2.45, 2.75) is 62.9 Å². The number of thiol groups is 1. The van der Waals surface area contributed by atoms with E-state index in [-0.39, 0.29) is 43.9 Å². The van der Waals surface area contributed by atoms with Crippen molar-refractivity contribution in [2.24, 2.45) is 27.9 Å². The summed E-state index contributed by atoms with van der Waals surface area (Å²) in [5, 5.41) is 25.7. The number of hydrogen-bond donors (Lipinski definition) is 10. The molecule has 0 aromatic rings. The second-order valence-electron chi connectivity index (χ2n) is 7.42. The average Bonchev–Trinajstić information content (AvgIpc) is 2.75. The summed E-state index contributed by atoms with van der Waals surface area (Å²) < 4.78 is 0. The lowest BCUT2D eigenvalue weighted by atomic mass is 10.1. The Balaban J connectivity index is 5.44. The zero-order chi connectivity index (χ0) is 26.4. The number of nitrogens with one attached hydrogen (secondary N) is 3. The van der Waals surface area contributed by atoms with Crippen LogP contribution < -0.4 is 38.9 Å². The summed E-state index contributed by atoms with van der Waals surface area (Å²) in [6.07, 6.45) is -1.46. The van der Waals surface area contributed by atoms with Crippen LogP contribution in [-0.2, 0) is 24.0 Å². The predicted molar refractivity (Wildman–Crippen MR) is 125 cm³/mol. The number of aliphatic hydroxyl groups excluding tert-OH is 1. The first-order valence-corrected chi connectivity index (χ1v) is 11.0. The lowest BCUT2D eigenvalue weighted by Gasteiger charge is -2.25. The van der Waals surface area contributed by atoms with Crippen LogP contribution in [0.2, 0.25) is 0 Å². The lowest BCUT2D eigenvalue weighted by molar-refractivity contribution is -0.142. The Morgan fingerprint density at radius 1 is 0.912 bits per heavy atom. The number of carbonyl (C=O) groups is 5. The van der Waals surface area contributed by atoms with Gasteiger partial charge in [0, 0.05) is 18.7 Å². The van der Waals surface area contributed by atoms with Gasteiger partial charge >= 0.3 is 5.97 Å². The standard InChI is InChI=1S/C18H34N8O7S/c1-8(27)13(20)16(31)26-11(7-34)15(30)24-9(3-2-6-23-18(21)22)14(29)25-10(17(32)33)4-5-12(19)28/h8-11,13,27,34H,2-7,20H2,1H3,(H2,19,28)(H,24,30)(H,25,29)(H,26,31)(H,32,33)(H4,21,22,23). The Morgan fingerprint density at radius 3 is 1.91 bits per heavy atom. The van der Waals surface area contributed by atoms with E-state index in [1.807, 2.05) is 0 Å². The van der Waals surface area contributed by atoms with Crippen LogP contribution in [0, 0.1) is 0 Å². The van der Waals surface area contributed by atoms with Gasteiger partial charge < -0.3 is 49.1 Å². The number of aliphatic hydroxyl groups is 1. The second kappa shape index (κ2) is 15.7. The topological polar surface area (TPSA) is 278 Å². The Labute approximate surface area is 201 Å². The number of aliphatic carboxylic acids is 1. The molecule has 0 heterocycles. The number of guanidine groups is 1. The minimum absolute atomic E-state index is 0.0109. The highest BCUT2D eigenvalue weighted by molar-refractivity contribution is 7.80. The molecule has 4 amide bonds. The van der Waals surface area contributed by atoms with Gasteiger partial charge in [0.2, 0.25) is 23.6 Å². The monoisotopic (exact) mass is 506 g/mol. The fraction of sp³-hybridized carbons (Fsp3) is 0.667. The highest BCUT2D eigenvalue weighted by atomic mass is 32.1. The zero-order valence-electron chi connectivity index (χ0n) is 18.8. The van der Waals surface area contributed by atoms with E-state index in [1.165, 1.54) is 6.92 Å². The van der Waals surface area contributed by atoms with Crippen LogP contribution in [0.3, 0.4) is 0 Å². The predicted octanol–water partition coefficient (Wildman–Crippen LogP) is -4.52. The number of rotatable bonds is 16. The summed E-state index contributed by atoms with van der Waals surface area (Å²) in [4.78, 5) is 63.7. The Hall–Kier alpha value is -3.11. The van der Waals surface area contributed by atoms with Crippen LogP contribution in [0.1, 0.15) is 32.6 Å². The molecule has 0 aliphatic heterocycles.